The molecule has 6 heteroatoms. The third kappa shape index (κ3) is 3.13. The third-order valence-electron chi connectivity index (χ3n) is 5.56. The second-order valence-electron chi connectivity index (χ2n) is 7.43. The number of hydrogen-bond acceptors (Lipinski definition) is 5. The highest BCUT2D eigenvalue weighted by atomic mass is 16.5. The molecule has 1 aliphatic rings. The van der Waals surface area contributed by atoms with Gasteiger partial charge >= 0.3 is 5.97 Å². The van der Waals surface area contributed by atoms with Gasteiger partial charge in [0.1, 0.15) is 16.9 Å². The number of fused-ring (bicyclic) bond motifs is 2. The Morgan fingerprint density at radius 3 is 2.56 bits per heavy atom. The van der Waals surface area contributed by atoms with Crippen molar-refractivity contribution in [1.29, 1.82) is 0 Å². The van der Waals surface area contributed by atoms with E-state index in [4.69, 9.17) is 20.4 Å². The van der Waals surface area contributed by atoms with Gasteiger partial charge in [-0.05, 0) is 38.3 Å². The van der Waals surface area contributed by atoms with Crippen molar-refractivity contribution in [3.63, 3.8) is 0 Å². The molecule has 0 saturated heterocycles. The minimum absolute atomic E-state index is 0.168. The largest absolute Gasteiger partial charge is 0.459 e. The minimum Gasteiger partial charge on any atom is -0.459 e. The number of benzene rings is 1. The molecule has 1 aliphatic carbocycles. The van der Waals surface area contributed by atoms with Gasteiger partial charge in [0.25, 0.3) is 0 Å². The molecule has 2 N–H and O–H groups in total. The SMILES string of the molecule is CC[C@@H](C)OC(=O)c1c(N)n(C2CCCCC2)c2nc3ccccc3nc12. The van der Waals surface area contributed by atoms with E-state index in [0.717, 1.165) is 43.1 Å². The molecule has 0 bridgehead atoms. The normalized spacial score (nSPS) is 16.7. The minimum atomic E-state index is -0.411. The van der Waals surface area contributed by atoms with Crippen LogP contribution in [-0.4, -0.2) is 26.6 Å². The Balaban J connectivity index is 1.93. The average molecular weight is 366 g/mol. The molecule has 6 nitrogen and oxygen atoms in total. The summed E-state index contributed by atoms with van der Waals surface area (Å²) in [6.07, 6.45) is 6.24. The highest BCUT2D eigenvalue weighted by molar-refractivity contribution is 6.08. The van der Waals surface area contributed by atoms with Crippen molar-refractivity contribution in [3.05, 3.63) is 29.8 Å². The Morgan fingerprint density at radius 1 is 1.22 bits per heavy atom. The molecule has 0 unspecified atom stereocenters. The van der Waals surface area contributed by atoms with E-state index in [-0.39, 0.29) is 12.1 Å². The summed E-state index contributed by atoms with van der Waals surface area (Å²) in [5.74, 6) is 0.0199. The van der Waals surface area contributed by atoms with Crippen molar-refractivity contribution in [3.8, 4) is 0 Å². The molecule has 2 aromatic heterocycles. The molecule has 3 aromatic rings. The molecule has 1 aromatic carbocycles. The number of ether oxygens (including phenoxy) is 1. The zero-order valence-corrected chi connectivity index (χ0v) is 15.9. The van der Waals surface area contributed by atoms with Gasteiger partial charge in [-0.15, -0.1) is 0 Å². The number of para-hydroxylation sites is 2. The van der Waals surface area contributed by atoms with Crippen LogP contribution in [-0.2, 0) is 4.74 Å². The first kappa shape index (κ1) is 17.8. The van der Waals surface area contributed by atoms with Crippen LogP contribution in [0.1, 0.15) is 68.8 Å². The smallest absolute Gasteiger partial charge is 0.344 e. The zero-order valence-electron chi connectivity index (χ0n) is 15.9. The number of hydrogen-bond donors (Lipinski definition) is 1. The quantitative estimate of drug-likeness (QED) is 0.681. The van der Waals surface area contributed by atoms with E-state index in [1.807, 2.05) is 42.7 Å². The van der Waals surface area contributed by atoms with E-state index in [2.05, 4.69) is 0 Å². The van der Waals surface area contributed by atoms with E-state index in [1.54, 1.807) is 0 Å². The monoisotopic (exact) mass is 366 g/mol. The van der Waals surface area contributed by atoms with Crippen LogP contribution in [0.25, 0.3) is 22.2 Å². The first-order valence-corrected chi connectivity index (χ1v) is 9.87. The van der Waals surface area contributed by atoms with Crippen molar-refractivity contribution in [1.82, 2.24) is 14.5 Å². The second kappa shape index (κ2) is 7.18. The van der Waals surface area contributed by atoms with Crippen molar-refractivity contribution in [2.75, 3.05) is 5.73 Å². The van der Waals surface area contributed by atoms with E-state index < -0.39 is 5.97 Å². The summed E-state index contributed by atoms with van der Waals surface area (Å²) >= 11 is 0. The lowest BCUT2D eigenvalue weighted by molar-refractivity contribution is 0.0337. The van der Waals surface area contributed by atoms with Gasteiger partial charge in [0.15, 0.2) is 5.65 Å². The van der Waals surface area contributed by atoms with Crippen LogP contribution in [0.15, 0.2) is 24.3 Å². The summed E-state index contributed by atoms with van der Waals surface area (Å²) in [6.45, 7) is 3.87. The van der Waals surface area contributed by atoms with Gasteiger partial charge in [-0.25, -0.2) is 14.8 Å². The zero-order chi connectivity index (χ0) is 19.0. The molecule has 1 saturated carbocycles. The van der Waals surface area contributed by atoms with Crippen molar-refractivity contribution >= 4 is 34.0 Å². The summed E-state index contributed by atoms with van der Waals surface area (Å²) in [5.41, 5.74) is 9.66. The van der Waals surface area contributed by atoms with Crippen molar-refractivity contribution in [2.24, 2.45) is 0 Å². The molecule has 4 rings (SSSR count). The van der Waals surface area contributed by atoms with E-state index >= 15 is 0 Å². The van der Waals surface area contributed by atoms with Crippen LogP contribution >= 0.6 is 0 Å². The van der Waals surface area contributed by atoms with E-state index in [1.165, 1.54) is 6.42 Å². The molecule has 0 radical (unpaired) electrons. The summed E-state index contributed by atoms with van der Waals surface area (Å²) in [6, 6.07) is 7.95. The third-order valence-corrected chi connectivity index (χ3v) is 5.56. The Morgan fingerprint density at radius 2 is 1.89 bits per heavy atom. The van der Waals surface area contributed by atoms with Gasteiger partial charge < -0.3 is 15.0 Å². The first-order chi connectivity index (χ1) is 13.1. The Labute approximate surface area is 158 Å². The molecular weight excluding hydrogens is 340 g/mol. The van der Waals surface area contributed by atoms with E-state index in [9.17, 15) is 4.79 Å². The molecule has 0 aliphatic heterocycles. The fraction of sp³-hybridized carbons (Fsp3) is 0.476. The van der Waals surface area contributed by atoms with Gasteiger partial charge in [0.05, 0.1) is 17.1 Å². The number of carbonyl (C=O) groups is 1. The highest BCUT2D eigenvalue weighted by Crippen LogP contribution is 2.37. The number of aromatic nitrogens is 3. The fourth-order valence-electron chi connectivity index (χ4n) is 3.92. The summed E-state index contributed by atoms with van der Waals surface area (Å²) in [4.78, 5) is 22.5. The number of carbonyl (C=O) groups excluding carboxylic acids is 1. The maximum atomic E-state index is 12.9. The van der Waals surface area contributed by atoms with Crippen LogP contribution in [0, 0.1) is 0 Å². The Bertz CT molecular complexity index is 989. The second-order valence-corrected chi connectivity index (χ2v) is 7.43. The predicted octanol–water partition coefficient (Wildman–Crippen LogP) is 4.63. The van der Waals surface area contributed by atoms with E-state index in [0.29, 0.717) is 22.5 Å². The lowest BCUT2D eigenvalue weighted by Gasteiger charge is -2.25. The predicted molar refractivity (Wildman–Crippen MR) is 107 cm³/mol. The average Bonchev–Trinajstić information content (AvgIpc) is 2.97. The fourth-order valence-corrected chi connectivity index (χ4v) is 3.92. The summed E-state index contributed by atoms with van der Waals surface area (Å²) in [7, 11) is 0. The molecule has 0 spiro atoms. The van der Waals surface area contributed by atoms with Crippen LogP contribution in [0.2, 0.25) is 0 Å². The maximum absolute atomic E-state index is 12.9. The lowest BCUT2D eigenvalue weighted by atomic mass is 9.95. The van der Waals surface area contributed by atoms with Gasteiger partial charge in [-0.3, -0.25) is 0 Å². The number of rotatable bonds is 4. The molecule has 142 valence electrons. The number of esters is 1. The van der Waals surface area contributed by atoms with Gasteiger partial charge in [0.2, 0.25) is 0 Å². The standard InChI is InChI=1S/C21H26N4O2/c1-3-13(2)27-21(26)17-18-20(24-16-12-8-7-11-15(16)23-18)25(19(17)22)14-9-5-4-6-10-14/h7-8,11-14H,3-6,9-10,22H2,1-2H3/t13-/m1/s1. The summed E-state index contributed by atoms with van der Waals surface area (Å²) in [5, 5.41) is 0. The lowest BCUT2D eigenvalue weighted by Crippen LogP contribution is -2.18. The van der Waals surface area contributed by atoms with Crippen LogP contribution in [0.4, 0.5) is 5.82 Å². The van der Waals surface area contributed by atoms with Gasteiger partial charge in [-0.2, -0.15) is 0 Å². The Hall–Kier alpha value is -2.63. The molecule has 0 amide bonds. The van der Waals surface area contributed by atoms with Gasteiger partial charge in [-0.1, -0.05) is 38.3 Å². The highest BCUT2D eigenvalue weighted by Gasteiger charge is 2.29. The Kier molecular flexibility index (Phi) is 4.72. The van der Waals surface area contributed by atoms with Crippen LogP contribution in [0.5, 0.6) is 0 Å². The molecule has 27 heavy (non-hydrogen) atoms. The van der Waals surface area contributed by atoms with Crippen LogP contribution < -0.4 is 5.73 Å². The molecular formula is C21H26N4O2. The number of nitrogen functional groups attached to an aromatic ring is 1. The number of anilines is 1. The number of nitrogens with zero attached hydrogens (tertiary/aromatic N) is 3. The topological polar surface area (TPSA) is 83.0 Å². The van der Waals surface area contributed by atoms with Crippen molar-refractivity contribution in [2.45, 2.75) is 64.5 Å². The maximum Gasteiger partial charge on any atom is 0.344 e. The van der Waals surface area contributed by atoms with Gasteiger partial charge in [0, 0.05) is 6.04 Å². The first-order valence-electron chi connectivity index (χ1n) is 9.87. The van der Waals surface area contributed by atoms with Crippen LogP contribution in [0.3, 0.4) is 0 Å². The van der Waals surface area contributed by atoms with Crippen molar-refractivity contribution < 1.29 is 9.53 Å². The molecule has 1 fully saturated rings. The summed E-state index contributed by atoms with van der Waals surface area (Å²) < 4.78 is 7.62. The molecule has 2 heterocycles. The number of nitrogens with two attached hydrogens (primary N) is 1. The molecule has 1 atom stereocenters.